The average Bonchev–Trinajstić information content (AvgIpc) is 2.61. The Hall–Kier alpha value is -2.35. The number of halogens is 1. The molecule has 0 aliphatic rings. The predicted octanol–water partition coefficient (Wildman–Crippen LogP) is 3.89. The van der Waals surface area contributed by atoms with Crippen LogP contribution in [0.1, 0.15) is 12.5 Å². The Morgan fingerprint density at radius 2 is 1.84 bits per heavy atom. The number of rotatable bonds is 7. The quantitative estimate of drug-likeness (QED) is 0.394. The average molecular weight is 451 g/mol. The van der Waals surface area contributed by atoms with Gasteiger partial charge in [0.15, 0.2) is 6.61 Å². The Morgan fingerprint density at radius 3 is 2.52 bits per heavy atom. The standard InChI is InChI=1S/C19H18INO4/c1-2-24-19(23)12-9-14-7-10-15(11-8-14)21-18(22)13-25-17-6-4-3-5-16(17)20/h3-12H,2,13H2,1H3,(H,21,22)/b12-9+. The molecule has 0 heterocycles. The summed E-state index contributed by atoms with van der Waals surface area (Å²) in [6, 6.07) is 14.6. The minimum atomic E-state index is -0.382. The van der Waals surface area contributed by atoms with E-state index >= 15 is 0 Å². The molecule has 0 fully saturated rings. The van der Waals surface area contributed by atoms with Gasteiger partial charge in [0.1, 0.15) is 5.75 Å². The number of esters is 1. The maximum atomic E-state index is 12.0. The first-order chi connectivity index (χ1) is 12.1. The van der Waals surface area contributed by atoms with Crippen LogP contribution < -0.4 is 10.1 Å². The number of hydrogen-bond acceptors (Lipinski definition) is 4. The Balaban J connectivity index is 1.85. The van der Waals surface area contributed by atoms with Gasteiger partial charge in [0, 0.05) is 11.8 Å². The van der Waals surface area contributed by atoms with Crippen LogP contribution >= 0.6 is 22.6 Å². The number of ether oxygens (including phenoxy) is 2. The van der Waals surface area contributed by atoms with Crippen molar-refractivity contribution in [2.45, 2.75) is 6.92 Å². The zero-order chi connectivity index (χ0) is 18.1. The molecule has 0 unspecified atom stereocenters. The molecule has 2 aromatic carbocycles. The molecular formula is C19H18INO4. The van der Waals surface area contributed by atoms with Gasteiger partial charge in [0.25, 0.3) is 5.91 Å². The van der Waals surface area contributed by atoms with Crippen LogP contribution in [0.2, 0.25) is 0 Å². The minimum Gasteiger partial charge on any atom is -0.483 e. The van der Waals surface area contributed by atoms with E-state index in [0.717, 1.165) is 9.13 Å². The third-order valence-corrected chi connectivity index (χ3v) is 3.98. The van der Waals surface area contributed by atoms with Crippen LogP contribution in [0.15, 0.2) is 54.6 Å². The summed E-state index contributed by atoms with van der Waals surface area (Å²) in [5.41, 5.74) is 1.49. The van der Waals surface area contributed by atoms with Crippen molar-refractivity contribution in [1.82, 2.24) is 0 Å². The fourth-order valence-corrected chi connectivity index (χ4v) is 2.48. The summed E-state index contributed by atoms with van der Waals surface area (Å²) in [4.78, 5) is 23.2. The van der Waals surface area contributed by atoms with E-state index in [1.165, 1.54) is 6.08 Å². The van der Waals surface area contributed by atoms with Gasteiger partial charge < -0.3 is 14.8 Å². The second-order valence-corrected chi connectivity index (χ2v) is 6.14. The topological polar surface area (TPSA) is 64.6 Å². The second kappa shape index (κ2) is 9.83. The van der Waals surface area contributed by atoms with Crippen molar-refractivity contribution in [2.24, 2.45) is 0 Å². The highest BCUT2D eigenvalue weighted by atomic mass is 127. The summed E-state index contributed by atoms with van der Waals surface area (Å²) in [6.45, 7) is 2.04. The van der Waals surface area contributed by atoms with Crippen molar-refractivity contribution < 1.29 is 19.1 Å². The lowest BCUT2D eigenvalue weighted by molar-refractivity contribution is -0.137. The summed E-state index contributed by atoms with van der Waals surface area (Å²) in [5.74, 6) is 0.0553. The normalized spacial score (nSPS) is 10.5. The smallest absolute Gasteiger partial charge is 0.330 e. The van der Waals surface area contributed by atoms with E-state index in [2.05, 4.69) is 27.9 Å². The van der Waals surface area contributed by atoms with Crippen molar-refractivity contribution in [3.8, 4) is 5.75 Å². The molecule has 0 atom stereocenters. The van der Waals surface area contributed by atoms with Gasteiger partial charge in [-0.2, -0.15) is 0 Å². The third kappa shape index (κ3) is 6.58. The van der Waals surface area contributed by atoms with Crippen molar-refractivity contribution in [2.75, 3.05) is 18.5 Å². The number of anilines is 1. The van der Waals surface area contributed by atoms with E-state index in [1.54, 1.807) is 37.3 Å². The van der Waals surface area contributed by atoms with Crippen LogP contribution in [0.4, 0.5) is 5.69 Å². The monoisotopic (exact) mass is 451 g/mol. The van der Waals surface area contributed by atoms with Gasteiger partial charge in [0.2, 0.25) is 0 Å². The molecule has 130 valence electrons. The number of amides is 1. The van der Waals surface area contributed by atoms with Gasteiger partial charge in [-0.15, -0.1) is 0 Å². The Morgan fingerprint density at radius 1 is 1.12 bits per heavy atom. The van der Waals surface area contributed by atoms with Crippen molar-refractivity contribution in [3.63, 3.8) is 0 Å². The highest BCUT2D eigenvalue weighted by Gasteiger charge is 2.05. The molecule has 6 heteroatoms. The molecular weight excluding hydrogens is 433 g/mol. The molecule has 0 aliphatic heterocycles. The van der Waals surface area contributed by atoms with Crippen molar-refractivity contribution in [3.05, 3.63) is 63.7 Å². The second-order valence-electron chi connectivity index (χ2n) is 4.97. The van der Waals surface area contributed by atoms with Crippen molar-refractivity contribution in [1.29, 1.82) is 0 Å². The SMILES string of the molecule is CCOC(=O)/C=C/c1ccc(NC(=O)COc2ccccc2I)cc1. The van der Waals surface area contributed by atoms with Crippen molar-refractivity contribution >= 4 is 46.2 Å². The predicted molar refractivity (Wildman–Crippen MR) is 105 cm³/mol. The van der Waals surface area contributed by atoms with Gasteiger partial charge in [-0.05, 0) is 65.4 Å². The lowest BCUT2D eigenvalue weighted by Crippen LogP contribution is -2.20. The van der Waals surface area contributed by atoms with Gasteiger partial charge in [-0.1, -0.05) is 24.3 Å². The largest absolute Gasteiger partial charge is 0.483 e. The van der Waals surface area contributed by atoms with Crippen LogP contribution in [0, 0.1) is 3.57 Å². The van der Waals surface area contributed by atoms with Crippen LogP contribution in [-0.4, -0.2) is 25.1 Å². The zero-order valence-corrected chi connectivity index (χ0v) is 15.9. The summed E-state index contributed by atoms with van der Waals surface area (Å²) in [7, 11) is 0. The Bertz CT molecular complexity index is 756. The summed E-state index contributed by atoms with van der Waals surface area (Å²) >= 11 is 2.16. The Kier molecular flexibility index (Phi) is 7.46. The highest BCUT2D eigenvalue weighted by Crippen LogP contribution is 2.19. The van der Waals surface area contributed by atoms with E-state index in [4.69, 9.17) is 9.47 Å². The molecule has 25 heavy (non-hydrogen) atoms. The molecule has 0 aromatic heterocycles. The number of benzene rings is 2. The maximum Gasteiger partial charge on any atom is 0.330 e. The molecule has 0 saturated carbocycles. The van der Waals surface area contributed by atoms with Crippen LogP contribution in [0.5, 0.6) is 5.75 Å². The number of carbonyl (C=O) groups excluding carboxylic acids is 2. The molecule has 0 bridgehead atoms. The van der Waals surface area contributed by atoms with Crippen LogP contribution in [0.25, 0.3) is 6.08 Å². The van der Waals surface area contributed by atoms with E-state index in [0.29, 0.717) is 18.0 Å². The molecule has 2 rings (SSSR count). The first-order valence-corrected chi connectivity index (χ1v) is 8.78. The number of para-hydroxylation sites is 1. The molecule has 0 radical (unpaired) electrons. The van der Waals surface area contributed by atoms with Gasteiger partial charge >= 0.3 is 5.97 Å². The fourth-order valence-electron chi connectivity index (χ4n) is 1.93. The Labute approximate surface area is 160 Å². The highest BCUT2D eigenvalue weighted by molar-refractivity contribution is 14.1. The third-order valence-electron chi connectivity index (χ3n) is 3.09. The fraction of sp³-hybridized carbons (Fsp3) is 0.158. The summed E-state index contributed by atoms with van der Waals surface area (Å²) in [6.07, 6.45) is 3.02. The molecule has 5 nitrogen and oxygen atoms in total. The van der Waals surface area contributed by atoms with E-state index in [-0.39, 0.29) is 18.5 Å². The molecule has 0 aliphatic carbocycles. The first-order valence-electron chi connectivity index (χ1n) is 7.70. The van der Waals surface area contributed by atoms with Crippen LogP contribution in [-0.2, 0) is 14.3 Å². The number of carbonyl (C=O) groups is 2. The van der Waals surface area contributed by atoms with E-state index < -0.39 is 0 Å². The first kappa shape index (κ1) is 19.0. The van der Waals surface area contributed by atoms with Gasteiger partial charge in [-0.25, -0.2) is 4.79 Å². The maximum absolute atomic E-state index is 12.0. The number of hydrogen-bond donors (Lipinski definition) is 1. The molecule has 1 N–H and O–H groups in total. The summed E-state index contributed by atoms with van der Waals surface area (Å²) < 4.78 is 11.3. The molecule has 1 amide bonds. The summed E-state index contributed by atoms with van der Waals surface area (Å²) in [5, 5.41) is 2.76. The molecule has 0 saturated heterocycles. The van der Waals surface area contributed by atoms with E-state index in [9.17, 15) is 9.59 Å². The van der Waals surface area contributed by atoms with E-state index in [1.807, 2.05) is 24.3 Å². The lowest BCUT2D eigenvalue weighted by atomic mass is 10.2. The zero-order valence-electron chi connectivity index (χ0n) is 13.7. The number of nitrogens with one attached hydrogen (secondary N) is 1. The van der Waals surface area contributed by atoms with Gasteiger partial charge in [-0.3, -0.25) is 4.79 Å². The van der Waals surface area contributed by atoms with Gasteiger partial charge in [0.05, 0.1) is 10.2 Å². The minimum absolute atomic E-state index is 0.0650. The molecule has 0 spiro atoms. The lowest BCUT2D eigenvalue weighted by Gasteiger charge is -2.09. The van der Waals surface area contributed by atoms with Crippen LogP contribution in [0.3, 0.4) is 0 Å². The molecule has 2 aromatic rings.